The minimum Gasteiger partial charge on any atom is -0.467 e. The van der Waals surface area contributed by atoms with Crippen LogP contribution in [0.2, 0.25) is 0 Å². The first-order valence-electron chi connectivity index (χ1n) is 9.82. The Hall–Kier alpha value is -2.37. The van der Waals surface area contributed by atoms with E-state index in [4.69, 9.17) is 4.74 Å². The van der Waals surface area contributed by atoms with E-state index in [9.17, 15) is 14.4 Å². The van der Waals surface area contributed by atoms with Crippen molar-refractivity contribution in [2.45, 2.75) is 57.5 Å². The lowest BCUT2D eigenvalue weighted by Crippen LogP contribution is -2.46. The van der Waals surface area contributed by atoms with Crippen LogP contribution in [-0.2, 0) is 20.7 Å². The van der Waals surface area contributed by atoms with Gasteiger partial charge in [0.25, 0.3) is 5.91 Å². The number of fused-ring (bicyclic) bond motifs is 2. The topological polar surface area (TPSA) is 66.9 Å². The number of carbonyl (C=O) groups is 3. The zero-order chi connectivity index (χ0) is 19.1. The minimum atomic E-state index is -0.488. The third-order valence-electron chi connectivity index (χ3n) is 6.40. The van der Waals surface area contributed by atoms with Gasteiger partial charge in [0.1, 0.15) is 6.04 Å². The molecule has 144 valence electrons. The number of hydrogen-bond acceptors (Lipinski definition) is 4. The van der Waals surface area contributed by atoms with Gasteiger partial charge in [-0.25, -0.2) is 4.79 Å². The zero-order valence-corrected chi connectivity index (χ0v) is 15.9. The Morgan fingerprint density at radius 3 is 2.67 bits per heavy atom. The number of rotatable bonds is 2. The normalized spacial score (nSPS) is 26.5. The van der Waals surface area contributed by atoms with Crippen LogP contribution in [0.3, 0.4) is 0 Å². The fraction of sp³-hybridized carbons (Fsp3) is 0.571. The van der Waals surface area contributed by atoms with Gasteiger partial charge in [0, 0.05) is 30.8 Å². The van der Waals surface area contributed by atoms with Crippen LogP contribution in [0.4, 0.5) is 5.69 Å². The van der Waals surface area contributed by atoms with Gasteiger partial charge >= 0.3 is 5.97 Å². The van der Waals surface area contributed by atoms with E-state index in [1.807, 2.05) is 12.1 Å². The van der Waals surface area contributed by atoms with E-state index in [2.05, 4.69) is 0 Å². The molecule has 2 amide bonds. The lowest BCUT2D eigenvalue weighted by molar-refractivity contribution is -0.145. The van der Waals surface area contributed by atoms with Gasteiger partial charge in [0.2, 0.25) is 5.91 Å². The smallest absolute Gasteiger partial charge is 0.328 e. The van der Waals surface area contributed by atoms with Crippen LogP contribution in [0.1, 0.15) is 54.9 Å². The summed E-state index contributed by atoms with van der Waals surface area (Å²) >= 11 is 0. The van der Waals surface area contributed by atoms with Crippen LogP contribution in [-0.4, -0.2) is 48.4 Å². The summed E-state index contributed by atoms with van der Waals surface area (Å²) in [6.07, 6.45) is 5.73. The number of hydrogen-bond donors (Lipinski definition) is 0. The average Bonchev–Trinajstić information content (AvgIpc) is 3.27. The van der Waals surface area contributed by atoms with Crippen LogP contribution in [0, 0.1) is 5.92 Å². The highest BCUT2D eigenvalue weighted by Crippen LogP contribution is 2.41. The average molecular weight is 370 g/mol. The molecule has 1 saturated heterocycles. The maximum Gasteiger partial charge on any atom is 0.328 e. The standard InChI is InChI=1S/C21H26N2O4/c1-13(24)22-10-9-15-11-16(7-8-17(15)22)20(25)23-18-6-4-3-5-14(18)12-19(23)21(26)27-2/h7-8,11,14,18-19H,3-6,9-10,12H2,1-2H3. The third kappa shape index (κ3) is 3.01. The summed E-state index contributed by atoms with van der Waals surface area (Å²) in [5.74, 6) is -0.0110. The van der Waals surface area contributed by atoms with Gasteiger partial charge in [-0.05, 0) is 55.4 Å². The molecule has 6 heteroatoms. The SMILES string of the molecule is COC(=O)C1CC2CCCCC2N1C(=O)c1ccc2c(c1)CCN2C(C)=O. The van der Waals surface area contributed by atoms with Gasteiger partial charge in [-0.2, -0.15) is 0 Å². The Morgan fingerprint density at radius 2 is 1.93 bits per heavy atom. The van der Waals surface area contributed by atoms with Gasteiger partial charge in [-0.1, -0.05) is 12.8 Å². The van der Waals surface area contributed by atoms with Crippen molar-refractivity contribution >= 4 is 23.5 Å². The van der Waals surface area contributed by atoms with Gasteiger partial charge in [0.05, 0.1) is 7.11 Å². The minimum absolute atomic E-state index is 0.0168. The third-order valence-corrected chi connectivity index (χ3v) is 6.40. The summed E-state index contributed by atoms with van der Waals surface area (Å²) in [5, 5.41) is 0. The molecule has 0 spiro atoms. The monoisotopic (exact) mass is 370 g/mol. The Kier molecular flexibility index (Phi) is 4.66. The highest BCUT2D eigenvalue weighted by atomic mass is 16.5. The molecule has 0 aromatic heterocycles. The molecule has 1 aromatic rings. The summed E-state index contributed by atoms with van der Waals surface area (Å²) in [6, 6.07) is 5.17. The molecule has 3 atom stereocenters. The summed E-state index contributed by atoms with van der Waals surface area (Å²) in [5.41, 5.74) is 2.50. The molecule has 2 fully saturated rings. The first kappa shape index (κ1) is 18.0. The summed E-state index contributed by atoms with van der Waals surface area (Å²) in [4.78, 5) is 41.0. The number of nitrogens with zero attached hydrogens (tertiary/aromatic N) is 2. The largest absolute Gasteiger partial charge is 0.467 e. The van der Waals surface area contributed by atoms with Crippen molar-refractivity contribution in [3.8, 4) is 0 Å². The van der Waals surface area contributed by atoms with Gasteiger partial charge < -0.3 is 14.5 Å². The van der Waals surface area contributed by atoms with E-state index >= 15 is 0 Å². The lowest BCUT2D eigenvalue weighted by Gasteiger charge is -2.33. The summed E-state index contributed by atoms with van der Waals surface area (Å²) < 4.78 is 4.99. The maximum absolute atomic E-state index is 13.4. The Bertz CT molecular complexity index is 790. The fourth-order valence-corrected chi connectivity index (χ4v) is 5.11. The first-order chi connectivity index (χ1) is 13.0. The van der Waals surface area contributed by atoms with E-state index in [1.165, 1.54) is 7.11 Å². The van der Waals surface area contributed by atoms with Crippen molar-refractivity contribution in [3.05, 3.63) is 29.3 Å². The fourth-order valence-electron chi connectivity index (χ4n) is 5.11. The van der Waals surface area contributed by atoms with Gasteiger partial charge in [-0.15, -0.1) is 0 Å². The van der Waals surface area contributed by atoms with E-state index in [1.54, 1.807) is 22.8 Å². The number of benzene rings is 1. The van der Waals surface area contributed by atoms with Crippen LogP contribution in [0.5, 0.6) is 0 Å². The van der Waals surface area contributed by atoms with Crippen LogP contribution in [0.15, 0.2) is 18.2 Å². The summed E-state index contributed by atoms with van der Waals surface area (Å²) in [7, 11) is 1.39. The highest BCUT2D eigenvalue weighted by Gasteiger charge is 2.48. The number of likely N-dealkylation sites (tertiary alicyclic amines) is 1. The number of esters is 1. The maximum atomic E-state index is 13.4. The van der Waals surface area contributed by atoms with Crippen molar-refractivity contribution in [3.63, 3.8) is 0 Å². The number of ether oxygens (including phenoxy) is 1. The molecule has 6 nitrogen and oxygen atoms in total. The molecular weight excluding hydrogens is 344 g/mol. The quantitative estimate of drug-likeness (QED) is 0.751. The van der Waals surface area contributed by atoms with Crippen molar-refractivity contribution in [1.29, 1.82) is 0 Å². The Morgan fingerprint density at radius 1 is 1.15 bits per heavy atom. The zero-order valence-electron chi connectivity index (χ0n) is 15.9. The Labute approximate surface area is 159 Å². The molecule has 0 radical (unpaired) electrons. The predicted octanol–water partition coefficient (Wildman–Crippen LogP) is 2.54. The van der Waals surface area contributed by atoms with Crippen LogP contribution < -0.4 is 4.90 Å². The molecule has 2 aliphatic heterocycles. The lowest BCUT2D eigenvalue weighted by atomic mass is 9.84. The first-order valence-corrected chi connectivity index (χ1v) is 9.82. The molecular formula is C21H26N2O4. The van der Waals surface area contributed by atoms with Gasteiger partial charge in [-0.3, -0.25) is 9.59 Å². The van der Waals surface area contributed by atoms with E-state index in [0.717, 1.165) is 43.4 Å². The van der Waals surface area contributed by atoms with Crippen molar-refractivity contribution < 1.29 is 19.1 Å². The number of carbonyl (C=O) groups excluding carboxylic acids is 3. The molecule has 1 saturated carbocycles. The van der Waals surface area contributed by atoms with E-state index in [0.29, 0.717) is 24.4 Å². The second-order valence-corrected chi connectivity index (χ2v) is 7.86. The highest BCUT2D eigenvalue weighted by molar-refractivity contribution is 5.99. The number of anilines is 1. The molecule has 3 unspecified atom stereocenters. The molecule has 1 aromatic carbocycles. The van der Waals surface area contributed by atoms with Crippen LogP contribution in [0.25, 0.3) is 0 Å². The molecule has 3 aliphatic rings. The molecule has 2 heterocycles. The van der Waals surface area contributed by atoms with Crippen molar-refractivity contribution in [2.75, 3.05) is 18.6 Å². The van der Waals surface area contributed by atoms with E-state index in [-0.39, 0.29) is 23.8 Å². The molecule has 4 rings (SSSR count). The van der Waals surface area contributed by atoms with Gasteiger partial charge in [0.15, 0.2) is 0 Å². The number of amides is 2. The van der Waals surface area contributed by atoms with Crippen molar-refractivity contribution in [1.82, 2.24) is 4.90 Å². The van der Waals surface area contributed by atoms with Crippen LogP contribution >= 0.6 is 0 Å². The summed E-state index contributed by atoms with van der Waals surface area (Å²) in [6.45, 7) is 2.21. The van der Waals surface area contributed by atoms with E-state index < -0.39 is 6.04 Å². The Balaban J connectivity index is 1.64. The predicted molar refractivity (Wildman–Crippen MR) is 101 cm³/mol. The van der Waals surface area contributed by atoms with Crippen molar-refractivity contribution in [2.24, 2.45) is 5.92 Å². The number of methoxy groups -OCH3 is 1. The molecule has 0 bridgehead atoms. The second kappa shape index (κ2) is 6.98. The molecule has 0 N–H and O–H groups in total. The molecule has 27 heavy (non-hydrogen) atoms. The second-order valence-electron chi connectivity index (χ2n) is 7.86. The molecule has 1 aliphatic carbocycles.